The minimum Gasteiger partial charge on any atom is -0.447 e. The van der Waals surface area contributed by atoms with Crippen molar-refractivity contribution in [3.8, 4) is 0 Å². The molecule has 0 aromatic carbocycles. The molecule has 0 radical (unpaired) electrons. The Morgan fingerprint density at radius 1 is 0.957 bits per heavy atom. The second kappa shape index (κ2) is 10.7. The average Bonchev–Trinajstić information content (AvgIpc) is 2.49. The highest BCUT2D eigenvalue weighted by molar-refractivity contribution is 5.84. The van der Waals surface area contributed by atoms with Gasteiger partial charge in [0.05, 0.1) is 0 Å². The Morgan fingerprint density at radius 3 is 2.13 bits per heavy atom. The zero-order chi connectivity index (χ0) is 17.9. The maximum Gasteiger partial charge on any atom is 0.398 e. The van der Waals surface area contributed by atoms with Crippen molar-refractivity contribution < 1.29 is 33.7 Å². The molecule has 0 heterocycles. The van der Waals surface area contributed by atoms with E-state index in [4.69, 9.17) is 4.74 Å². The van der Waals surface area contributed by atoms with Crippen molar-refractivity contribution in [2.24, 2.45) is 0 Å². The number of carbonyl (C=O) groups excluding carboxylic acids is 4. The predicted molar refractivity (Wildman–Crippen MR) is 81.0 cm³/mol. The molecule has 0 fully saturated rings. The maximum absolute atomic E-state index is 12.0. The molecule has 0 saturated carbocycles. The van der Waals surface area contributed by atoms with Crippen LogP contribution in [0.2, 0.25) is 0 Å². The molecule has 1 unspecified atom stereocenters. The molecule has 0 saturated heterocycles. The number of hydrogen-bond donors (Lipinski definition) is 0. The van der Waals surface area contributed by atoms with Crippen molar-refractivity contribution >= 4 is 23.7 Å². The number of esters is 1. The van der Waals surface area contributed by atoms with Gasteiger partial charge in [0.25, 0.3) is 0 Å². The van der Waals surface area contributed by atoms with E-state index in [0.29, 0.717) is 6.42 Å². The zero-order valence-corrected chi connectivity index (χ0v) is 14.3. The highest BCUT2D eigenvalue weighted by Crippen LogP contribution is 2.21. The molecular weight excluding hydrogens is 304 g/mol. The van der Waals surface area contributed by atoms with E-state index in [-0.39, 0.29) is 25.0 Å². The molecule has 0 rings (SSSR count). The molecule has 0 spiro atoms. The van der Waals surface area contributed by atoms with Gasteiger partial charge in [-0.3, -0.25) is 9.59 Å². The number of ether oxygens (including phenoxy) is 1. The lowest BCUT2D eigenvalue weighted by Crippen LogP contribution is -2.42. The summed E-state index contributed by atoms with van der Waals surface area (Å²) in [6, 6.07) is 0. The predicted octanol–water partition coefficient (Wildman–Crippen LogP) is 2.65. The minimum atomic E-state index is -1.67. The van der Waals surface area contributed by atoms with E-state index in [1.165, 1.54) is 13.8 Å². The fourth-order valence-electron chi connectivity index (χ4n) is 1.82. The van der Waals surface area contributed by atoms with Gasteiger partial charge in [0.1, 0.15) is 5.78 Å². The van der Waals surface area contributed by atoms with E-state index in [1.807, 2.05) is 6.92 Å². The van der Waals surface area contributed by atoms with Gasteiger partial charge in [-0.1, -0.05) is 26.7 Å². The average molecular weight is 330 g/mol. The third-order valence-electron chi connectivity index (χ3n) is 3.24. The standard InChI is InChI=1S/C16H26O7/c1-5-7-8-9-13(18)10-11-16(4,21-12(3)17)15(20)23-22-14(19)6-2/h5-11H2,1-4H3. The summed E-state index contributed by atoms with van der Waals surface area (Å²) in [6.07, 6.45) is 3.26. The maximum atomic E-state index is 12.0. The van der Waals surface area contributed by atoms with Crippen LogP contribution in [0.5, 0.6) is 0 Å². The quantitative estimate of drug-likeness (QED) is 0.263. The number of carbonyl (C=O) groups is 4. The lowest BCUT2D eigenvalue weighted by molar-refractivity contribution is -0.271. The van der Waals surface area contributed by atoms with E-state index < -0.39 is 23.5 Å². The summed E-state index contributed by atoms with van der Waals surface area (Å²) in [4.78, 5) is 54.7. The van der Waals surface area contributed by atoms with E-state index in [2.05, 4.69) is 9.78 Å². The molecule has 23 heavy (non-hydrogen) atoms. The smallest absolute Gasteiger partial charge is 0.398 e. The van der Waals surface area contributed by atoms with Gasteiger partial charge >= 0.3 is 17.9 Å². The van der Waals surface area contributed by atoms with Crippen LogP contribution in [-0.4, -0.2) is 29.3 Å². The second-order valence-electron chi connectivity index (χ2n) is 5.50. The van der Waals surface area contributed by atoms with E-state index >= 15 is 0 Å². The summed E-state index contributed by atoms with van der Waals surface area (Å²) in [7, 11) is 0. The highest BCUT2D eigenvalue weighted by atomic mass is 17.2. The largest absolute Gasteiger partial charge is 0.447 e. The number of rotatable bonds is 10. The summed E-state index contributed by atoms with van der Waals surface area (Å²) < 4.78 is 4.98. The summed E-state index contributed by atoms with van der Waals surface area (Å²) in [5, 5.41) is 0. The van der Waals surface area contributed by atoms with E-state index in [1.54, 1.807) is 0 Å². The lowest BCUT2D eigenvalue weighted by atomic mass is 9.96. The Labute approximate surface area is 136 Å². The van der Waals surface area contributed by atoms with Crippen molar-refractivity contribution in [1.82, 2.24) is 0 Å². The molecule has 132 valence electrons. The molecule has 0 aliphatic carbocycles. The molecule has 1 atom stereocenters. The van der Waals surface area contributed by atoms with Crippen molar-refractivity contribution in [2.45, 2.75) is 78.2 Å². The van der Waals surface area contributed by atoms with Crippen LogP contribution in [0.25, 0.3) is 0 Å². The van der Waals surface area contributed by atoms with Crippen molar-refractivity contribution in [1.29, 1.82) is 0 Å². The highest BCUT2D eigenvalue weighted by Gasteiger charge is 2.40. The third-order valence-corrected chi connectivity index (χ3v) is 3.24. The molecule has 0 aliphatic rings. The van der Waals surface area contributed by atoms with Crippen LogP contribution >= 0.6 is 0 Å². The van der Waals surface area contributed by atoms with Crippen molar-refractivity contribution in [3.05, 3.63) is 0 Å². The summed E-state index contributed by atoms with van der Waals surface area (Å²) in [5.74, 6) is -2.45. The van der Waals surface area contributed by atoms with Gasteiger partial charge in [-0.2, -0.15) is 0 Å². The Hall–Kier alpha value is -1.92. The molecule has 0 amide bonds. The monoisotopic (exact) mass is 330 g/mol. The fraction of sp³-hybridized carbons (Fsp3) is 0.750. The van der Waals surface area contributed by atoms with Crippen LogP contribution in [0.3, 0.4) is 0 Å². The summed E-state index contributed by atoms with van der Waals surface area (Å²) in [5.41, 5.74) is -1.67. The van der Waals surface area contributed by atoms with Gasteiger partial charge < -0.3 is 4.74 Å². The molecule has 0 bridgehead atoms. The molecule has 7 nitrogen and oxygen atoms in total. The Balaban J connectivity index is 4.63. The van der Waals surface area contributed by atoms with Gasteiger partial charge in [0, 0.05) is 32.6 Å². The second-order valence-corrected chi connectivity index (χ2v) is 5.50. The topological polar surface area (TPSA) is 96.0 Å². The Bertz CT molecular complexity index is 430. The number of hydrogen-bond acceptors (Lipinski definition) is 7. The van der Waals surface area contributed by atoms with Gasteiger partial charge in [-0.15, -0.1) is 0 Å². The molecule has 0 aromatic heterocycles. The van der Waals surface area contributed by atoms with E-state index in [9.17, 15) is 19.2 Å². The van der Waals surface area contributed by atoms with Gasteiger partial charge in [0.15, 0.2) is 0 Å². The molecule has 0 aromatic rings. The molecule has 7 heteroatoms. The molecule has 0 N–H and O–H groups in total. The molecule has 0 aliphatic heterocycles. The zero-order valence-electron chi connectivity index (χ0n) is 14.3. The van der Waals surface area contributed by atoms with Crippen molar-refractivity contribution in [3.63, 3.8) is 0 Å². The normalized spacial score (nSPS) is 12.9. The molecular formula is C16H26O7. The minimum absolute atomic E-state index is 0.0184. The summed E-state index contributed by atoms with van der Waals surface area (Å²) >= 11 is 0. The first-order chi connectivity index (χ1) is 10.7. The van der Waals surface area contributed by atoms with Crippen molar-refractivity contribution in [2.75, 3.05) is 0 Å². The number of ketones is 1. The Kier molecular flexibility index (Phi) is 9.85. The summed E-state index contributed by atoms with van der Waals surface area (Å²) in [6.45, 7) is 6.05. The van der Waals surface area contributed by atoms with Gasteiger partial charge in [-0.05, 0) is 13.3 Å². The fourth-order valence-corrected chi connectivity index (χ4v) is 1.82. The number of Topliss-reactive ketones (excluding diaryl/α,β-unsaturated/α-hetero) is 1. The van der Waals surface area contributed by atoms with Gasteiger partial charge in [-0.25, -0.2) is 19.4 Å². The third kappa shape index (κ3) is 8.95. The van der Waals surface area contributed by atoms with Crippen LogP contribution in [-0.2, 0) is 33.7 Å². The van der Waals surface area contributed by atoms with Crippen LogP contribution < -0.4 is 0 Å². The lowest BCUT2D eigenvalue weighted by Gasteiger charge is -2.25. The van der Waals surface area contributed by atoms with Crippen LogP contribution in [0.1, 0.15) is 72.6 Å². The first kappa shape index (κ1) is 21.1. The van der Waals surface area contributed by atoms with Gasteiger partial charge in [0.2, 0.25) is 5.60 Å². The van der Waals surface area contributed by atoms with Crippen LogP contribution in [0, 0.1) is 0 Å². The SMILES string of the molecule is CCCCCC(=O)CCC(C)(OC(C)=O)C(=O)OOC(=O)CC. The number of unbranched alkanes of at least 4 members (excludes halogenated alkanes) is 2. The van der Waals surface area contributed by atoms with Crippen LogP contribution in [0.4, 0.5) is 0 Å². The first-order valence-corrected chi connectivity index (χ1v) is 7.88. The Morgan fingerprint density at radius 2 is 1.61 bits per heavy atom. The first-order valence-electron chi connectivity index (χ1n) is 7.88. The van der Waals surface area contributed by atoms with E-state index in [0.717, 1.165) is 26.2 Å². The van der Waals surface area contributed by atoms with Crippen LogP contribution in [0.15, 0.2) is 0 Å².